The van der Waals surface area contributed by atoms with E-state index in [0.717, 1.165) is 31.4 Å². The van der Waals surface area contributed by atoms with E-state index in [1.165, 1.54) is 0 Å². The normalized spacial score (nSPS) is 28.7. The summed E-state index contributed by atoms with van der Waals surface area (Å²) in [5.41, 5.74) is 0. The molecule has 4 heteroatoms. The molecular formula is C12H22O3S. The van der Waals surface area contributed by atoms with Gasteiger partial charge in [-0.1, -0.05) is 0 Å². The van der Waals surface area contributed by atoms with Gasteiger partial charge in [0.25, 0.3) is 0 Å². The molecule has 0 aliphatic heterocycles. The van der Waals surface area contributed by atoms with Gasteiger partial charge < -0.3 is 5.11 Å². The molecule has 0 aromatic heterocycles. The van der Waals surface area contributed by atoms with Crippen LogP contribution in [0.15, 0.2) is 0 Å². The zero-order valence-electron chi connectivity index (χ0n) is 10.4. The van der Waals surface area contributed by atoms with Crippen molar-refractivity contribution in [3.63, 3.8) is 0 Å². The van der Waals surface area contributed by atoms with Gasteiger partial charge in [-0.15, -0.1) is 0 Å². The maximum Gasteiger partial charge on any atom is 0.306 e. The molecule has 16 heavy (non-hydrogen) atoms. The monoisotopic (exact) mass is 246 g/mol. The SMILES string of the molecule is CC(C)(C)S(=O)CC1CCC(C(=O)O)CC1. The van der Waals surface area contributed by atoms with E-state index in [0.29, 0.717) is 5.92 Å². The minimum absolute atomic E-state index is 0.149. The molecule has 1 fully saturated rings. The van der Waals surface area contributed by atoms with E-state index in [9.17, 15) is 9.00 Å². The van der Waals surface area contributed by atoms with Crippen LogP contribution in [0, 0.1) is 11.8 Å². The van der Waals surface area contributed by atoms with Crippen LogP contribution in [0.4, 0.5) is 0 Å². The van der Waals surface area contributed by atoms with Crippen LogP contribution in [0.1, 0.15) is 46.5 Å². The zero-order valence-corrected chi connectivity index (χ0v) is 11.2. The van der Waals surface area contributed by atoms with Crippen LogP contribution in [-0.2, 0) is 15.6 Å². The average molecular weight is 246 g/mol. The summed E-state index contributed by atoms with van der Waals surface area (Å²) >= 11 is 0. The molecule has 0 amide bonds. The second kappa shape index (κ2) is 5.30. The van der Waals surface area contributed by atoms with Crippen molar-refractivity contribution >= 4 is 16.8 Å². The van der Waals surface area contributed by atoms with Crippen LogP contribution in [0.2, 0.25) is 0 Å². The Balaban J connectivity index is 2.38. The number of carboxylic acid groups (broad SMARTS) is 1. The number of aliphatic carboxylic acids is 1. The predicted molar refractivity (Wildman–Crippen MR) is 65.8 cm³/mol. The van der Waals surface area contributed by atoms with Crippen LogP contribution in [0.3, 0.4) is 0 Å². The molecule has 1 rings (SSSR count). The molecule has 0 saturated heterocycles. The van der Waals surface area contributed by atoms with Crippen molar-refractivity contribution in [1.82, 2.24) is 0 Å². The molecule has 0 spiro atoms. The predicted octanol–water partition coefficient (Wildman–Crippen LogP) is 2.42. The summed E-state index contributed by atoms with van der Waals surface area (Å²) in [4.78, 5) is 10.8. The highest BCUT2D eigenvalue weighted by Crippen LogP contribution is 2.30. The summed E-state index contributed by atoms with van der Waals surface area (Å²) < 4.78 is 11.8. The van der Waals surface area contributed by atoms with Crippen molar-refractivity contribution in [2.45, 2.75) is 51.2 Å². The first-order valence-corrected chi connectivity index (χ1v) is 7.24. The van der Waals surface area contributed by atoms with Gasteiger partial charge in [-0.2, -0.15) is 0 Å². The van der Waals surface area contributed by atoms with E-state index >= 15 is 0 Å². The van der Waals surface area contributed by atoms with Gasteiger partial charge in [-0.25, -0.2) is 0 Å². The summed E-state index contributed by atoms with van der Waals surface area (Å²) in [5.74, 6) is 0.348. The molecule has 3 nitrogen and oxygen atoms in total. The van der Waals surface area contributed by atoms with E-state index in [1.807, 2.05) is 20.8 Å². The second-order valence-corrected chi connectivity index (χ2v) is 7.93. The van der Waals surface area contributed by atoms with Crippen molar-refractivity contribution in [2.24, 2.45) is 11.8 Å². The highest BCUT2D eigenvalue weighted by atomic mass is 32.2. The Morgan fingerprint density at radius 1 is 1.25 bits per heavy atom. The van der Waals surface area contributed by atoms with Gasteiger partial charge in [-0.3, -0.25) is 9.00 Å². The minimum atomic E-state index is -0.804. The lowest BCUT2D eigenvalue weighted by Crippen LogP contribution is -2.30. The highest BCUT2D eigenvalue weighted by molar-refractivity contribution is 7.86. The molecule has 0 aromatic carbocycles. The standard InChI is InChI=1S/C12H22O3S/c1-12(2,3)16(15)8-9-4-6-10(7-5-9)11(13)14/h9-10H,4-8H2,1-3H3,(H,13,14). The zero-order chi connectivity index (χ0) is 12.3. The first-order chi connectivity index (χ1) is 7.30. The van der Waals surface area contributed by atoms with Gasteiger partial charge in [0, 0.05) is 21.3 Å². The third-order valence-electron chi connectivity index (χ3n) is 3.27. The van der Waals surface area contributed by atoms with Gasteiger partial charge in [0.1, 0.15) is 0 Å². The number of carbonyl (C=O) groups is 1. The molecule has 0 radical (unpaired) electrons. The van der Waals surface area contributed by atoms with Crippen LogP contribution in [0.25, 0.3) is 0 Å². The Morgan fingerprint density at radius 3 is 2.12 bits per heavy atom. The lowest BCUT2D eigenvalue weighted by molar-refractivity contribution is -0.143. The fraction of sp³-hybridized carbons (Fsp3) is 0.917. The maximum atomic E-state index is 11.9. The van der Waals surface area contributed by atoms with Gasteiger partial charge >= 0.3 is 5.97 Å². The summed E-state index contributed by atoms with van der Waals surface area (Å²) in [6, 6.07) is 0. The van der Waals surface area contributed by atoms with Crippen molar-refractivity contribution in [3.8, 4) is 0 Å². The van der Waals surface area contributed by atoms with Gasteiger partial charge in [-0.05, 0) is 52.4 Å². The van der Waals surface area contributed by atoms with Crippen LogP contribution in [0.5, 0.6) is 0 Å². The Kier molecular flexibility index (Phi) is 4.53. The first kappa shape index (κ1) is 13.7. The first-order valence-electron chi connectivity index (χ1n) is 5.92. The third kappa shape index (κ3) is 3.89. The molecule has 1 unspecified atom stereocenters. The molecule has 1 N–H and O–H groups in total. The third-order valence-corrected chi connectivity index (χ3v) is 5.41. The van der Waals surface area contributed by atoms with E-state index < -0.39 is 16.8 Å². The Bertz CT molecular complexity index is 272. The Hall–Kier alpha value is -0.380. The topological polar surface area (TPSA) is 54.4 Å². The van der Waals surface area contributed by atoms with Crippen molar-refractivity contribution in [1.29, 1.82) is 0 Å². The summed E-state index contributed by atoms with van der Waals surface area (Å²) in [7, 11) is -0.804. The highest BCUT2D eigenvalue weighted by Gasteiger charge is 2.29. The second-order valence-electron chi connectivity index (χ2n) is 5.68. The maximum absolute atomic E-state index is 11.9. The van der Waals surface area contributed by atoms with E-state index in [1.54, 1.807) is 0 Å². The summed E-state index contributed by atoms with van der Waals surface area (Å²) in [6.45, 7) is 5.98. The molecule has 1 aliphatic carbocycles. The molecule has 1 aliphatic rings. The van der Waals surface area contributed by atoms with E-state index in [-0.39, 0.29) is 10.7 Å². The largest absolute Gasteiger partial charge is 0.481 e. The fourth-order valence-electron chi connectivity index (χ4n) is 2.04. The van der Waals surface area contributed by atoms with Crippen molar-refractivity contribution < 1.29 is 14.1 Å². The summed E-state index contributed by atoms with van der Waals surface area (Å²) in [6.07, 6.45) is 3.33. The Morgan fingerprint density at radius 2 is 1.75 bits per heavy atom. The molecule has 0 bridgehead atoms. The lowest BCUT2D eigenvalue weighted by Gasteiger charge is -2.28. The van der Waals surface area contributed by atoms with Crippen LogP contribution < -0.4 is 0 Å². The Labute approximate surface area is 100 Å². The van der Waals surface area contributed by atoms with E-state index in [4.69, 9.17) is 5.11 Å². The minimum Gasteiger partial charge on any atom is -0.481 e. The molecule has 1 saturated carbocycles. The number of hydrogen-bond acceptors (Lipinski definition) is 2. The van der Waals surface area contributed by atoms with Crippen LogP contribution in [-0.4, -0.2) is 25.8 Å². The lowest BCUT2D eigenvalue weighted by atomic mass is 9.83. The molecule has 94 valence electrons. The molecule has 0 heterocycles. The average Bonchev–Trinajstić information content (AvgIpc) is 2.17. The number of carboxylic acids is 1. The van der Waals surface area contributed by atoms with Gasteiger partial charge in [0.15, 0.2) is 0 Å². The van der Waals surface area contributed by atoms with Gasteiger partial charge in [0.2, 0.25) is 0 Å². The summed E-state index contributed by atoms with van der Waals surface area (Å²) in [5, 5.41) is 8.88. The molecule has 0 aromatic rings. The number of hydrogen-bond donors (Lipinski definition) is 1. The number of rotatable bonds is 3. The van der Waals surface area contributed by atoms with Crippen molar-refractivity contribution in [2.75, 3.05) is 5.75 Å². The van der Waals surface area contributed by atoms with Crippen LogP contribution >= 0.6 is 0 Å². The quantitative estimate of drug-likeness (QED) is 0.832. The molecule has 1 atom stereocenters. The van der Waals surface area contributed by atoms with Crippen molar-refractivity contribution in [3.05, 3.63) is 0 Å². The fourth-order valence-corrected chi connectivity index (χ4v) is 3.30. The van der Waals surface area contributed by atoms with Gasteiger partial charge in [0.05, 0.1) is 5.92 Å². The van der Waals surface area contributed by atoms with E-state index in [2.05, 4.69) is 0 Å². The molecular weight excluding hydrogens is 224 g/mol. The smallest absolute Gasteiger partial charge is 0.306 e.